The third-order valence-electron chi connectivity index (χ3n) is 7.20. The molecular weight excluding hydrogens is 598 g/mol. The zero-order valence-corrected chi connectivity index (χ0v) is 27.3. The summed E-state index contributed by atoms with van der Waals surface area (Å²) in [6.07, 6.45) is 0. The molecule has 0 atom stereocenters. The Balaban J connectivity index is 0.00000124. The fourth-order valence-corrected chi connectivity index (χ4v) is 4.82. The van der Waals surface area contributed by atoms with Crippen LogP contribution in [-0.2, 0) is 23.7 Å². The number of aromatic nitrogens is 2. The Bertz CT molecular complexity index is 1570. The van der Waals surface area contributed by atoms with Crippen LogP contribution in [0.5, 0.6) is 11.5 Å². The van der Waals surface area contributed by atoms with Gasteiger partial charge in [-0.15, -0.1) is 0 Å². The molecule has 41 heavy (non-hydrogen) atoms. The molecule has 0 aliphatic rings. The molecule has 0 unspecified atom stereocenters. The van der Waals surface area contributed by atoms with Gasteiger partial charge in [0, 0.05) is 21.9 Å². The van der Waals surface area contributed by atoms with E-state index in [1.165, 1.54) is 11.1 Å². The van der Waals surface area contributed by atoms with Crippen molar-refractivity contribution in [2.24, 2.45) is 0 Å². The van der Waals surface area contributed by atoms with Crippen molar-refractivity contribution in [1.29, 1.82) is 0 Å². The Labute approximate surface area is 257 Å². The standard InChI is InChI=1S/C34H36N2O2.2ClH.Co/c1-33(2,3)23-13-17-29(37-7)25(19-23)27-15-11-21-9-10-22-12-16-28(36-32(22)31(21)35-27)26-20-24(34(4,5)6)14-18-30(26)38-8;;;/h9-20H,1-8H3;2*1H;/q;;;+2/p-2. The quantitative estimate of drug-likeness (QED) is 0.185. The second-order valence-electron chi connectivity index (χ2n) is 12.0. The number of nitrogens with zero attached hydrogens (tertiary/aromatic N) is 2. The summed E-state index contributed by atoms with van der Waals surface area (Å²) in [4.78, 5) is 10.3. The molecule has 217 valence electrons. The van der Waals surface area contributed by atoms with Crippen LogP contribution in [0.3, 0.4) is 0 Å². The Morgan fingerprint density at radius 2 is 0.902 bits per heavy atom. The number of hydrogen-bond donors (Lipinski definition) is 0. The minimum atomic E-state index is 0.0155. The summed E-state index contributed by atoms with van der Waals surface area (Å²) < 4.78 is 11.5. The topological polar surface area (TPSA) is 44.2 Å². The van der Waals surface area contributed by atoms with Crippen molar-refractivity contribution in [3.8, 4) is 34.0 Å². The van der Waals surface area contributed by atoms with Crippen molar-refractivity contribution in [3.63, 3.8) is 0 Å². The molecule has 0 aliphatic carbocycles. The van der Waals surface area contributed by atoms with Crippen LogP contribution >= 0.6 is 20.3 Å². The maximum atomic E-state index is 5.74. The SMILES string of the molecule is COc1ccc(C(C)(C)C)cc1-c1ccc2ccc3ccc(-c4cc(C(C)(C)C)ccc4OC)nc3c2n1.[Cl][Co][Cl]. The van der Waals surface area contributed by atoms with E-state index in [1.807, 2.05) is 12.1 Å². The number of halogens is 2. The maximum absolute atomic E-state index is 5.74. The molecular formula is C34H36Cl2CoN2O2. The molecule has 0 saturated heterocycles. The normalized spacial score (nSPS) is 11.9. The number of hydrogen-bond acceptors (Lipinski definition) is 4. The number of pyridine rings is 2. The van der Waals surface area contributed by atoms with E-state index in [4.69, 9.17) is 39.7 Å². The van der Waals surface area contributed by atoms with Crippen LogP contribution in [0.1, 0.15) is 52.7 Å². The van der Waals surface area contributed by atoms with Crippen LogP contribution in [0.15, 0.2) is 72.8 Å². The van der Waals surface area contributed by atoms with Gasteiger partial charge in [0.15, 0.2) is 0 Å². The van der Waals surface area contributed by atoms with E-state index in [0.29, 0.717) is 12.9 Å². The van der Waals surface area contributed by atoms with Gasteiger partial charge in [-0.3, -0.25) is 0 Å². The summed E-state index contributed by atoms with van der Waals surface area (Å²) in [6.45, 7) is 13.3. The van der Waals surface area contributed by atoms with Gasteiger partial charge in [0.05, 0.1) is 36.6 Å². The van der Waals surface area contributed by atoms with Gasteiger partial charge in [0.1, 0.15) is 11.5 Å². The van der Waals surface area contributed by atoms with Crippen molar-refractivity contribution in [3.05, 3.63) is 83.9 Å². The molecule has 0 spiro atoms. The number of fused-ring (bicyclic) bond motifs is 3. The first-order chi connectivity index (χ1) is 19.4. The molecule has 5 rings (SSSR count). The van der Waals surface area contributed by atoms with Gasteiger partial charge in [-0.2, -0.15) is 0 Å². The number of methoxy groups -OCH3 is 2. The van der Waals surface area contributed by atoms with E-state index in [-0.39, 0.29) is 10.8 Å². The molecule has 4 nitrogen and oxygen atoms in total. The van der Waals surface area contributed by atoms with E-state index in [2.05, 4.69) is 102 Å². The second-order valence-corrected chi connectivity index (χ2v) is 13.7. The Morgan fingerprint density at radius 3 is 1.22 bits per heavy atom. The van der Waals surface area contributed by atoms with Crippen molar-refractivity contribution < 1.29 is 22.4 Å². The monoisotopic (exact) mass is 633 g/mol. The molecule has 7 heteroatoms. The molecule has 3 aromatic carbocycles. The summed E-state index contributed by atoms with van der Waals surface area (Å²) in [5.74, 6) is 1.62. The summed E-state index contributed by atoms with van der Waals surface area (Å²) >= 11 is 0.382. The van der Waals surface area contributed by atoms with Gasteiger partial charge >= 0.3 is 33.2 Å². The predicted molar refractivity (Wildman–Crippen MR) is 170 cm³/mol. The zero-order valence-electron chi connectivity index (χ0n) is 24.7. The summed E-state index contributed by atoms with van der Waals surface area (Å²) in [6, 6.07) is 25.3. The zero-order chi connectivity index (χ0) is 29.9. The fraction of sp³-hybridized carbons (Fsp3) is 0.294. The third-order valence-corrected chi connectivity index (χ3v) is 7.20. The van der Waals surface area contributed by atoms with E-state index >= 15 is 0 Å². The molecule has 0 radical (unpaired) electrons. The Morgan fingerprint density at radius 1 is 0.561 bits per heavy atom. The molecule has 0 bridgehead atoms. The molecule has 0 fully saturated rings. The van der Waals surface area contributed by atoms with Gasteiger partial charge in [-0.1, -0.05) is 77.9 Å². The number of rotatable bonds is 4. The average molecular weight is 635 g/mol. The first kappa shape index (κ1) is 31.1. The van der Waals surface area contributed by atoms with E-state index in [1.54, 1.807) is 14.2 Å². The molecule has 2 aromatic heterocycles. The van der Waals surface area contributed by atoms with Gasteiger partial charge in [0.25, 0.3) is 0 Å². The molecule has 0 amide bonds. The van der Waals surface area contributed by atoms with E-state index in [0.717, 1.165) is 55.8 Å². The van der Waals surface area contributed by atoms with Gasteiger partial charge < -0.3 is 9.47 Å². The summed E-state index contributed by atoms with van der Waals surface area (Å²) in [7, 11) is 12.9. The Hall–Kier alpha value is -2.83. The third kappa shape index (κ3) is 6.81. The molecule has 5 aromatic rings. The summed E-state index contributed by atoms with van der Waals surface area (Å²) in [5.41, 5.74) is 7.94. The number of ether oxygens (including phenoxy) is 2. The predicted octanol–water partition coefficient (Wildman–Crippen LogP) is 10.1. The molecule has 2 heterocycles. The second kappa shape index (κ2) is 12.6. The van der Waals surface area contributed by atoms with Crippen molar-refractivity contribution in [2.45, 2.75) is 52.4 Å². The van der Waals surface area contributed by atoms with Crippen molar-refractivity contribution in [1.82, 2.24) is 9.97 Å². The molecule has 0 aliphatic heterocycles. The first-order valence-electron chi connectivity index (χ1n) is 13.3. The van der Waals surface area contributed by atoms with Gasteiger partial charge in [-0.25, -0.2) is 9.97 Å². The number of benzene rings is 3. The minimum absolute atomic E-state index is 0.0155. The summed E-state index contributed by atoms with van der Waals surface area (Å²) in [5, 5.41) is 2.10. The van der Waals surface area contributed by atoms with E-state index in [9.17, 15) is 0 Å². The van der Waals surface area contributed by atoms with E-state index < -0.39 is 0 Å². The van der Waals surface area contributed by atoms with Crippen molar-refractivity contribution >= 4 is 42.1 Å². The van der Waals surface area contributed by atoms with Crippen LogP contribution in [-0.4, -0.2) is 24.2 Å². The van der Waals surface area contributed by atoms with Gasteiger partial charge in [0.2, 0.25) is 0 Å². The molecule has 0 N–H and O–H groups in total. The van der Waals surface area contributed by atoms with Crippen LogP contribution in [0.4, 0.5) is 0 Å². The van der Waals surface area contributed by atoms with Crippen molar-refractivity contribution in [2.75, 3.05) is 14.2 Å². The van der Waals surface area contributed by atoms with Crippen LogP contribution in [0.25, 0.3) is 44.3 Å². The fourth-order valence-electron chi connectivity index (χ4n) is 4.82. The van der Waals surface area contributed by atoms with Crippen LogP contribution in [0.2, 0.25) is 0 Å². The van der Waals surface area contributed by atoms with Crippen LogP contribution < -0.4 is 9.47 Å². The van der Waals surface area contributed by atoms with Gasteiger partial charge in [-0.05, 0) is 58.4 Å². The van der Waals surface area contributed by atoms with Crippen LogP contribution in [0, 0.1) is 0 Å². The Kier molecular flexibility index (Phi) is 9.54. The molecule has 0 saturated carbocycles. The first-order valence-corrected chi connectivity index (χ1v) is 16.2. The average Bonchev–Trinajstić information content (AvgIpc) is 2.95.